The van der Waals surface area contributed by atoms with Crippen molar-refractivity contribution in [3.05, 3.63) is 70.7 Å². The van der Waals surface area contributed by atoms with Crippen LogP contribution in [0.15, 0.2) is 63.6 Å². The van der Waals surface area contributed by atoms with Crippen LogP contribution < -0.4 is 10.1 Å². The van der Waals surface area contributed by atoms with E-state index in [4.69, 9.17) is 9.15 Å². The summed E-state index contributed by atoms with van der Waals surface area (Å²) in [7, 11) is 0. The molecule has 27 heavy (non-hydrogen) atoms. The summed E-state index contributed by atoms with van der Waals surface area (Å²) in [6.07, 6.45) is 3.25. The number of nitrogens with zero attached hydrogens (tertiary/aromatic N) is 1. The number of hydrogen-bond acceptors (Lipinski definition) is 4. The zero-order valence-electron chi connectivity index (χ0n) is 14.7. The van der Waals surface area contributed by atoms with Gasteiger partial charge in [0.1, 0.15) is 5.75 Å². The van der Waals surface area contributed by atoms with Gasteiger partial charge in [0.15, 0.2) is 11.7 Å². The topological polar surface area (TPSA) is 64.4 Å². The molecule has 1 atom stereocenters. The number of benzene rings is 2. The van der Waals surface area contributed by atoms with E-state index in [0.717, 1.165) is 27.8 Å². The molecule has 0 radical (unpaired) electrons. The maximum Gasteiger partial charge on any atom is 0.220 e. The first-order chi connectivity index (χ1) is 13.2. The van der Waals surface area contributed by atoms with Crippen LogP contribution in [0.1, 0.15) is 30.3 Å². The molecule has 0 fully saturated rings. The molecule has 1 amide bonds. The molecule has 1 aliphatic rings. The molecule has 4 rings (SSSR count). The van der Waals surface area contributed by atoms with Crippen molar-refractivity contribution in [1.29, 1.82) is 0 Å². The van der Waals surface area contributed by atoms with Crippen molar-refractivity contribution in [1.82, 2.24) is 10.3 Å². The summed E-state index contributed by atoms with van der Waals surface area (Å²) in [5, 5.41) is 3.10. The molecule has 1 aromatic heterocycles. The number of rotatable bonds is 5. The van der Waals surface area contributed by atoms with E-state index in [-0.39, 0.29) is 11.9 Å². The quantitative estimate of drug-likeness (QED) is 0.643. The third kappa shape index (κ3) is 4.22. The number of aromatic nitrogens is 1. The molecule has 1 N–H and O–H groups in total. The highest BCUT2D eigenvalue weighted by Crippen LogP contribution is 2.34. The fraction of sp³-hybridized carbons (Fsp3) is 0.238. The Balaban J connectivity index is 1.36. The average Bonchev–Trinajstić information content (AvgIpc) is 3.17. The van der Waals surface area contributed by atoms with E-state index in [2.05, 4.69) is 26.2 Å². The van der Waals surface area contributed by atoms with Gasteiger partial charge in [-0.1, -0.05) is 46.3 Å². The van der Waals surface area contributed by atoms with Gasteiger partial charge < -0.3 is 14.5 Å². The number of aryl methyl sites for hydroxylation is 1. The molecule has 6 heteroatoms. The number of ether oxygens (including phenoxy) is 1. The second-order valence-corrected chi connectivity index (χ2v) is 7.34. The van der Waals surface area contributed by atoms with Crippen molar-refractivity contribution in [2.75, 3.05) is 6.61 Å². The summed E-state index contributed by atoms with van der Waals surface area (Å²) in [6.45, 7) is 0.597. The van der Waals surface area contributed by atoms with Gasteiger partial charge in [-0.15, -0.1) is 0 Å². The zero-order chi connectivity index (χ0) is 18.6. The van der Waals surface area contributed by atoms with E-state index in [1.807, 2.05) is 48.5 Å². The molecule has 3 aromatic rings. The fourth-order valence-electron chi connectivity index (χ4n) is 3.16. The Labute approximate surface area is 165 Å². The van der Waals surface area contributed by atoms with E-state index < -0.39 is 0 Å². The van der Waals surface area contributed by atoms with Gasteiger partial charge in [0, 0.05) is 34.9 Å². The van der Waals surface area contributed by atoms with Gasteiger partial charge in [0.2, 0.25) is 5.91 Å². The number of hydrogen-bond donors (Lipinski definition) is 1. The Kier molecular flexibility index (Phi) is 5.25. The summed E-state index contributed by atoms with van der Waals surface area (Å²) < 4.78 is 12.4. The van der Waals surface area contributed by atoms with Crippen molar-refractivity contribution < 1.29 is 13.9 Å². The molecular weight excluding hydrogens is 408 g/mol. The van der Waals surface area contributed by atoms with E-state index in [1.165, 1.54) is 0 Å². The summed E-state index contributed by atoms with van der Waals surface area (Å²) >= 11 is 3.48. The Hall–Kier alpha value is -2.60. The van der Waals surface area contributed by atoms with Crippen LogP contribution in [0.25, 0.3) is 11.3 Å². The number of nitrogens with one attached hydrogen (secondary N) is 1. The minimum atomic E-state index is -0.0387. The normalized spacial score (nSPS) is 15.7. The first-order valence-electron chi connectivity index (χ1n) is 8.91. The first kappa shape index (κ1) is 17.8. The second-order valence-electron chi connectivity index (χ2n) is 6.42. The molecule has 138 valence electrons. The predicted octanol–water partition coefficient (Wildman–Crippen LogP) is 4.68. The van der Waals surface area contributed by atoms with Crippen molar-refractivity contribution in [2.24, 2.45) is 0 Å². The summed E-state index contributed by atoms with van der Waals surface area (Å²) in [6, 6.07) is 15.6. The molecular formula is C21H19BrN2O3. The van der Waals surface area contributed by atoms with Crippen LogP contribution in [0.3, 0.4) is 0 Å². The largest absolute Gasteiger partial charge is 0.493 e. The average molecular weight is 427 g/mol. The van der Waals surface area contributed by atoms with Crippen LogP contribution >= 0.6 is 15.9 Å². The van der Waals surface area contributed by atoms with Crippen LogP contribution in [-0.2, 0) is 11.2 Å². The number of fused-ring (bicyclic) bond motifs is 1. The molecule has 0 saturated carbocycles. The lowest BCUT2D eigenvalue weighted by molar-refractivity contribution is -0.122. The Morgan fingerprint density at radius 3 is 2.93 bits per heavy atom. The third-order valence-corrected chi connectivity index (χ3v) is 5.02. The maximum atomic E-state index is 12.4. The molecule has 2 aromatic carbocycles. The fourth-order valence-corrected chi connectivity index (χ4v) is 3.54. The van der Waals surface area contributed by atoms with Gasteiger partial charge in [0.05, 0.1) is 18.8 Å². The number of oxazole rings is 1. The van der Waals surface area contributed by atoms with Crippen molar-refractivity contribution >= 4 is 21.8 Å². The van der Waals surface area contributed by atoms with E-state index in [0.29, 0.717) is 31.1 Å². The second kappa shape index (κ2) is 7.96. The van der Waals surface area contributed by atoms with Crippen LogP contribution in [0.5, 0.6) is 5.75 Å². The monoisotopic (exact) mass is 426 g/mol. The van der Waals surface area contributed by atoms with Gasteiger partial charge >= 0.3 is 0 Å². The lowest BCUT2D eigenvalue weighted by atomic mass is 10.0. The molecule has 2 heterocycles. The Morgan fingerprint density at radius 2 is 2.07 bits per heavy atom. The maximum absolute atomic E-state index is 12.4. The van der Waals surface area contributed by atoms with Crippen LogP contribution in [0, 0.1) is 0 Å². The van der Waals surface area contributed by atoms with E-state index in [1.54, 1.807) is 6.20 Å². The molecule has 0 bridgehead atoms. The highest BCUT2D eigenvalue weighted by molar-refractivity contribution is 9.10. The van der Waals surface area contributed by atoms with Crippen molar-refractivity contribution in [2.45, 2.75) is 25.3 Å². The van der Waals surface area contributed by atoms with Gasteiger partial charge in [0.25, 0.3) is 0 Å². The number of carbonyl (C=O) groups excluding carboxylic acids is 1. The lowest BCUT2D eigenvalue weighted by Crippen LogP contribution is -2.32. The van der Waals surface area contributed by atoms with Crippen molar-refractivity contribution in [3.8, 4) is 17.1 Å². The molecule has 5 nitrogen and oxygen atoms in total. The number of carbonyl (C=O) groups is 1. The van der Waals surface area contributed by atoms with Crippen LogP contribution in [-0.4, -0.2) is 17.5 Å². The van der Waals surface area contributed by atoms with Crippen LogP contribution in [0.2, 0.25) is 0 Å². The minimum absolute atomic E-state index is 0.0210. The van der Waals surface area contributed by atoms with Crippen molar-refractivity contribution in [3.63, 3.8) is 0 Å². The van der Waals surface area contributed by atoms with Gasteiger partial charge in [-0.05, 0) is 18.2 Å². The van der Waals surface area contributed by atoms with Gasteiger partial charge in [-0.2, -0.15) is 0 Å². The highest BCUT2D eigenvalue weighted by Gasteiger charge is 2.23. The lowest BCUT2D eigenvalue weighted by Gasteiger charge is -2.27. The zero-order valence-corrected chi connectivity index (χ0v) is 16.2. The molecule has 0 spiro atoms. The van der Waals surface area contributed by atoms with Gasteiger partial charge in [-0.25, -0.2) is 4.98 Å². The highest BCUT2D eigenvalue weighted by atomic mass is 79.9. The number of amides is 1. The van der Waals surface area contributed by atoms with Gasteiger partial charge in [-0.3, -0.25) is 4.79 Å². The Morgan fingerprint density at radius 1 is 1.22 bits per heavy atom. The summed E-state index contributed by atoms with van der Waals surface area (Å²) in [5.41, 5.74) is 1.98. The SMILES string of the molecule is O=C(CCc1ncc(-c2ccccc2)o1)NC1CCOc2ccc(Br)cc21. The smallest absolute Gasteiger partial charge is 0.220 e. The molecule has 1 aliphatic heterocycles. The minimum Gasteiger partial charge on any atom is -0.493 e. The first-order valence-corrected chi connectivity index (χ1v) is 9.70. The molecule has 0 saturated heterocycles. The van der Waals surface area contributed by atoms with E-state index in [9.17, 15) is 4.79 Å². The number of halogens is 1. The summed E-state index contributed by atoms with van der Waals surface area (Å²) in [4.78, 5) is 16.7. The third-order valence-electron chi connectivity index (χ3n) is 4.52. The van der Waals surface area contributed by atoms with E-state index >= 15 is 0 Å². The standard InChI is InChI=1S/C21H19BrN2O3/c22-15-6-7-18-16(12-15)17(10-11-26-18)24-20(25)8-9-21-23-13-19(27-21)14-4-2-1-3-5-14/h1-7,12-13,17H,8-11H2,(H,24,25). The van der Waals surface area contributed by atoms with Crippen LogP contribution in [0.4, 0.5) is 0 Å². The molecule has 1 unspecified atom stereocenters. The predicted molar refractivity (Wildman–Crippen MR) is 105 cm³/mol. The summed E-state index contributed by atoms with van der Waals surface area (Å²) in [5.74, 6) is 2.09. The molecule has 0 aliphatic carbocycles. The Bertz CT molecular complexity index is 940.